The third kappa shape index (κ3) is 6.10. The molecule has 1 aliphatic rings. The molecule has 9 heteroatoms. The van der Waals surface area contributed by atoms with E-state index in [1.807, 2.05) is 112 Å². The number of rotatable bonds is 6. The number of anilines is 3. The quantitative estimate of drug-likeness (QED) is 0.0657. The van der Waals surface area contributed by atoms with Crippen LogP contribution in [-0.2, 0) is 0 Å². The molecule has 0 unspecified atom stereocenters. The lowest BCUT2D eigenvalue weighted by atomic mass is 9.73. The number of phenols is 1. The average Bonchev–Trinajstić information content (AvgIpc) is 3.62. The van der Waals surface area contributed by atoms with Crippen molar-refractivity contribution in [3.8, 4) is 33.7 Å². The highest BCUT2D eigenvalue weighted by molar-refractivity contribution is 6.54. The number of hydrogen-bond acceptors (Lipinski definition) is 6. The number of fused-ring (bicyclic) bond motifs is 4. The van der Waals surface area contributed by atoms with Crippen LogP contribution >= 0.6 is 0 Å². The lowest BCUT2D eigenvalue weighted by Crippen LogP contribution is -2.39. The first-order chi connectivity index (χ1) is 28.7. The van der Waals surface area contributed by atoms with Crippen LogP contribution in [0.15, 0.2) is 186 Å². The van der Waals surface area contributed by atoms with Crippen LogP contribution in [0, 0.1) is 0 Å². The number of aliphatic hydroxyl groups excluding tert-OH is 3. The summed E-state index contributed by atoms with van der Waals surface area (Å²) in [5.41, 5.74) is 11.4. The van der Waals surface area contributed by atoms with Crippen molar-refractivity contribution in [1.82, 2.24) is 4.57 Å². The zero-order valence-electron chi connectivity index (χ0n) is 33.2. The minimum Gasteiger partial charge on any atom is -0.510 e. The maximum atomic E-state index is 12.2. The van der Waals surface area contributed by atoms with Crippen molar-refractivity contribution in [2.45, 2.75) is 13.8 Å². The lowest BCUT2D eigenvalue weighted by Gasteiger charge is -2.39. The molecule has 0 fully saturated rings. The maximum Gasteiger partial charge on any atom is 0.184 e. The van der Waals surface area contributed by atoms with Gasteiger partial charge in [0.1, 0.15) is 44.3 Å². The average molecular weight is 770 g/mol. The van der Waals surface area contributed by atoms with Crippen LogP contribution in [0.2, 0.25) is 0 Å². The van der Waals surface area contributed by atoms with E-state index in [-0.39, 0.29) is 28.7 Å². The highest BCUT2D eigenvalue weighted by Gasteiger charge is 2.37. The minimum atomic E-state index is -0.447. The number of allylic oxidation sites excluding steroid dienone is 2. The van der Waals surface area contributed by atoms with Crippen LogP contribution in [0.3, 0.4) is 0 Å². The van der Waals surface area contributed by atoms with Crippen molar-refractivity contribution < 1.29 is 20.4 Å². The predicted octanol–water partition coefficient (Wildman–Crippen LogP) is 9.45. The number of aliphatic hydroxyl groups is 3. The normalized spacial score (nSPS) is 14.8. The van der Waals surface area contributed by atoms with Crippen LogP contribution in [0.5, 0.6) is 5.75 Å². The maximum absolute atomic E-state index is 12.2. The van der Waals surface area contributed by atoms with Gasteiger partial charge in [-0.25, -0.2) is 0 Å². The molecule has 0 atom stereocenters. The fourth-order valence-corrected chi connectivity index (χ4v) is 8.47. The number of benzene rings is 7. The first-order valence-electron chi connectivity index (χ1n) is 19.6. The predicted molar refractivity (Wildman–Crippen MR) is 249 cm³/mol. The molecule has 7 nitrogen and oxygen atoms in total. The van der Waals surface area contributed by atoms with Gasteiger partial charge < -0.3 is 35.2 Å². The van der Waals surface area contributed by atoms with Gasteiger partial charge in [0, 0.05) is 33.2 Å². The van der Waals surface area contributed by atoms with Gasteiger partial charge in [-0.3, -0.25) is 0 Å². The van der Waals surface area contributed by atoms with E-state index in [0.717, 1.165) is 49.9 Å². The Bertz CT molecular complexity index is 2990. The largest absolute Gasteiger partial charge is 0.510 e. The van der Waals surface area contributed by atoms with Gasteiger partial charge >= 0.3 is 0 Å². The van der Waals surface area contributed by atoms with Crippen LogP contribution in [0.4, 0.5) is 17.1 Å². The van der Waals surface area contributed by atoms with E-state index < -0.39 is 5.76 Å². The van der Waals surface area contributed by atoms with E-state index in [0.29, 0.717) is 28.2 Å². The van der Waals surface area contributed by atoms with Gasteiger partial charge in [-0.05, 0) is 60.9 Å². The number of hydrogen-bond donors (Lipinski definition) is 5. The number of para-hydroxylation sites is 3. The Labute approximate surface area is 344 Å². The topological polar surface area (TPSA) is 101 Å². The van der Waals surface area contributed by atoms with E-state index >= 15 is 0 Å². The number of phenolic OH excluding ortho intramolecular Hbond substituents is 1. The van der Waals surface area contributed by atoms with Crippen molar-refractivity contribution in [3.05, 3.63) is 192 Å². The smallest absolute Gasteiger partial charge is 0.184 e. The standard InChI is InChI=1S/C50H41B2N3O4/c1-29(31-15-5-3-6-16-31)48(57)50(59)47-44(30(2)56)53-45-46(43(52)42(51)41(49(45)58)33-17-7-4-8-18-33)54(47)34-27-25-32(26-28-34)35-19-9-12-22-38(35)55-39-23-13-10-20-36(39)37-21-11-14-24-40(37)55/h3-28,53,56-59H,51-52H2,1-2H3/b44-30-,48-29-,50-47-. The number of aromatic nitrogens is 1. The lowest BCUT2D eigenvalue weighted by molar-refractivity contribution is 0.323. The zero-order valence-corrected chi connectivity index (χ0v) is 33.2. The zero-order chi connectivity index (χ0) is 40.9. The van der Waals surface area contributed by atoms with Crippen molar-refractivity contribution in [3.63, 3.8) is 0 Å². The molecule has 2 heterocycles. The number of nitrogens with one attached hydrogen (secondary N) is 1. The summed E-state index contributed by atoms with van der Waals surface area (Å²) in [5.74, 6) is -0.953. The Kier molecular flexibility index (Phi) is 9.29. The van der Waals surface area contributed by atoms with Gasteiger partial charge in [0.25, 0.3) is 0 Å². The Morgan fingerprint density at radius 1 is 0.593 bits per heavy atom. The Morgan fingerprint density at radius 2 is 1.15 bits per heavy atom. The van der Waals surface area contributed by atoms with Gasteiger partial charge in [0.05, 0.1) is 22.4 Å². The summed E-state index contributed by atoms with van der Waals surface area (Å²) in [7, 11) is 3.94. The first kappa shape index (κ1) is 37.1. The number of aromatic hydroxyl groups is 1. The van der Waals surface area contributed by atoms with Crippen LogP contribution in [-0.4, -0.2) is 40.7 Å². The van der Waals surface area contributed by atoms with E-state index in [1.54, 1.807) is 6.92 Å². The Morgan fingerprint density at radius 3 is 1.78 bits per heavy atom. The van der Waals surface area contributed by atoms with Crippen LogP contribution < -0.4 is 21.1 Å². The highest BCUT2D eigenvalue weighted by Crippen LogP contribution is 2.50. The fourth-order valence-electron chi connectivity index (χ4n) is 8.47. The van der Waals surface area contributed by atoms with E-state index in [1.165, 1.54) is 17.7 Å². The molecule has 5 N–H and O–H groups in total. The molecule has 0 saturated heterocycles. The van der Waals surface area contributed by atoms with Gasteiger partial charge in [-0.15, -0.1) is 0 Å². The van der Waals surface area contributed by atoms with Crippen molar-refractivity contribution in [2.75, 3.05) is 10.2 Å². The van der Waals surface area contributed by atoms with E-state index in [4.69, 9.17) is 0 Å². The molecular weight excluding hydrogens is 728 g/mol. The molecule has 0 saturated carbocycles. The van der Waals surface area contributed by atoms with E-state index in [9.17, 15) is 20.4 Å². The van der Waals surface area contributed by atoms with Gasteiger partial charge in [-0.1, -0.05) is 138 Å². The molecule has 0 amide bonds. The summed E-state index contributed by atoms with van der Waals surface area (Å²) >= 11 is 0. The van der Waals surface area contributed by atoms with Crippen LogP contribution in [0.25, 0.3) is 55.3 Å². The van der Waals surface area contributed by atoms with Crippen LogP contribution in [0.1, 0.15) is 19.4 Å². The second-order valence-corrected chi connectivity index (χ2v) is 15.0. The molecule has 0 spiro atoms. The molecule has 8 aromatic rings. The summed E-state index contributed by atoms with van der Waals surface area (Å²) in [6.07, 6.45) is 0. The van der Waals surface area contributed by atoms with Gasteiger partial charge in [0.2, 0.25) is 0 Å². The van der Waals surface area contributed by atoms with E-state index in [2.05, 4.69) is 76.6 Å². The molecule has 1 aliphatic heterocycles. The molecule has 0 radical (unpaired) electrons. The monoisotopic (exact) mass is 769 g/mol. The SMILES string of the molecule is Bc1c(B)c2c(c(O)c1-c1ccccc1)NC(=C(/C)O)/C(=C(O)\C(O)=C(/C)c1ccccc1)N2c1ccc(-c2ccccc2-n2c3ccccc3c3ccccc32)cc1. The molecule has 7 aromatic carbocycles. The Balaban J connectivity index is 1.27. The molecule has 1 aromatic heterocycles. The fraction of sp³-hybridized carbons (Fsp3) is 0.0400. The van der Waals surface area contributed by atoms with Gasteiger partial charge in [0.15, 0.2) is 11.5 Å². The third-order valence-corrected chi connectivity index (χ3v) is 11.5. The van der Waals surface area contributed by atoms with Gasteiger partial charge in [-0.2, -0.15) is 0 Å². The summed E-state index contributed by atoms with van der Waals surface area (Å²) in [6, 6.07) is 52.3. The summed E-state index contributed by atoms with van der Waals surface area (Å²) in [5, 5.41) is 53.2. The van der Waals surface area contributed by atoms with Crippen molar-refractivity contribution >= 4 is 71.1 Å². The summed E-state index contributed by atoms with van der Waals surface area (Å²) < 4.78 is 2.31. The number of nitrogens with zero attached hydrogens (tertiary/aromatic N) is 2. The minimum absolute atomic E-state index is 0.00598. The molecule has 0 bridgehead atoms. The highest BCUT2D eigenvalue weighted by atomic mass is 16.3. The van der Waals surface area contributed by atoms with Crippen molar-refractivity contribution in [2.24, 2.45) is 0 Å². The molecule has 9 rings (SSSR count). The second kappa shape index (κ2) is 14.8. The third-order valence-electron chi connectivity index (χ3n) is 11.5. The first-order valence-corrected chi connectivity index (χ1v) is 19.6. The van der Waals surface area contributed by atoms with Crippen molar-refractivity contribution in [1.29, 1.82) is 0 Å². The molecule has 0 aliphatic carbocycles. The second-order valence-electron chi connectivity index (χ2n) is 15.0. The summed E-state index contributed by atoms with van der Waals surface area (Å²) in [4.78, 5) is 1.81. The molecule has 286 valence electrons. The molecular formula is C50H41B2N3O4. The summed E-state index contributed by atoms with van der Waals surface area (Å²) in [6.45, 7) is 3.25. The molecule has 59 heavy (non-hydrogen) atoms. The Hall–Kier alpha value is -7.51.